The van der Waals surface area contributed by atoms with Gasteiger partial charge in [0, 0.05) is 37.1 Å². The molecular formula is C13H11F3N2O2. The number of rotatable bonds is 2. The molecule has 2 aromatic rings. The van der Waals surface area contributed by atoms with Crippen molar-refractivity contribution in [2.24, 2.45) is 0 Å². The Morgan fingerprint density at radius 2 is 2.05 bits per heavy atom. The van der Waals surface area contributed by atoms with Gasteiger partial charge in [-0.25, -0.2) is 4.98 Å². The summed E-state index contributed by atoms with van der Waals surface area (Å²) in [5, 5.41) is 0. The first-order chi connectivity index (χ1) is 9.38. The standard InChI is InChI=1S/C13H11F3N2O2/c1-20-9-4-11(13(14,15)16)18-6-10(17-12(18)5-9)7-2-8(19)3-7/h4-7H,2-3H2,1H3. The summed E-state index contributed by atoms with van der Waals surface area (Å²) in [4.78, 5) is 15.2. The van der Waals surface area contributed by atoms with Gasteiger partial charge in [-0.05, 0) is 0 Å². The third kappa shape index (κ3) is 2.03. The van der Waals surface area contributed by atoms with E-state index in [1.807, 2.05) is 0 Å². The van der Waals surface area contributed by atoms with Gasteiger partial charge in [-0.15, -0.1) is 0 Å². The second kappa shape index (κ2) is 4.22. The number of imidazole rings is 1. The van der Waals surface area contributed by atoms with E-state index in [4.69, 9.17) is 4.74 Å². The quantitative estimate of drug-likeness (QED) is 0.851. The Morgan fingerprint density at radius 3 is 2.60 bits per heavy atom. The number of carbonyl (C=O) groups is 1. The van der Waals surface area contributed by atoms with Crippen LogP contribution >= 0.6 is 0 Å². The number of carbonyl (C=O) groups excluding carboxylic acids is 1. The molecule has 1 aliphatic carbocycles. The summed E-state index contributed by atoms with van der Waals surface area (Å²) in [7, 11) is 1.31. The smallest absolute Gasteiger partial charge is 0.431 e. The van der Waals surface area contributed by atoms with Crippen molar-refractivity contribution in [1.29, 1.82) is 0 Å². The van der Waals surface area contributed by atoms with E-state index in [-0.39, 0.29) is 23.1 Å². The number of pyridine rings is 1. The summed E-state index contributed by atoms with van der Waals surface area (Å²) >= 11 is 0. The van der Waals surface area contributed by atoms with Gasteiger partial charge in [0.2, 0.25) is 0 Å². The Labute approximate surface area is 112 Å². The minimum Gasteiger partial charge on any atom is -0.497 e. The van der Waals surface area contributed by atoms with Crippen molar-refractivity contribution in [3.05, 3.63) is 29.7 Å². The fraction of sp³-hybridized carbons (Fsp3) is 0.385. The fourth-order valence-corrected chi connectivity index (χ4v) is 2.31. The van der Waals surface area contributed by atoms with Crippen LogP contribution in [0.1, 0.15) is 30.1 Å². The Kier molecular flexibility index (Phi) is 2.74. The van der Waals surface area contributed by atoms with Gasteiger partial charge in [0.25, 0.3) is 0 Å². The molecule has 1 saturated carbocycles. The molecule has 20 heavy (non-hydrogen) atoms. The molecule has 4 nitrogen and oxygen atoms in total. The summed E-state index contributed by atoms with van der Waals surface area (Å²) in [5.74, 6) is 0.141. The monoisotopic (exact) mass is 284 g/mol. The van der Waals surface area contributed by atoms with E-state index < -0.39 is 11.9 Å². The van der Waals surface area contributed by atoms with Gasteiger partial charge in [-0.2, -0.15) is 13.2 Å². The third-order valence-corrected chi connectivity index (χ3v) is 3.45. The maximum absolute atomic E-state index is 13.0. The molecule has 0 saturated heterocycles. The highest BCUT2D eigenvalue weighted by atomic mass is 19.4. The Balaban J connectivity index is 2.14. The van der Waals surface area contributed by atoms with Gasteiger partial charge < -0.3 is 4.74 Å². The molecule has 0 amide bonds. The molecule has 2 aromatic heterocycles. The zero-order valence-electron chi connectivity index (χ0n) is 10.6. The van der Waals surface area contributed by atoms with Crippen molar-refractivity contribution in [2.75, 3.05) is 7.11 Å². The molecule has 7 heteroatoms. The highest BCUT2D eigenvalue weighted by molar-refractivity contribution is 5.86. The molecule has 106 valence electrons. The normalized spacial score (nSPS) is 16.5. The largest absolute Gasteiger partial charge is 0.497 e. The number of ether oxygens (including phenoxy) is 1. The van der Waals surface area contributed by atoms with Crippen molar-refractivity contribution >= 4 is 11.4 Å². The number of fused-ring (bicyclic) bond motifs is 1. The molecule has 3 rings (SSSR count). The van der Waals surface area contributed by atoms with E-state index in [2.05, 4.69) is 4.98 Å². The molecule has 0 unspecified atom stereocenters. The predicted molar refractivity (Wildman–Crippen MR) is 63.7 cm³/mol. The van der Waals surface area contributed by atoms with Crippen molar-refractivity contribution in [2.45, 2.75) is 24.9 Å². The van der Waals surface area contributed by atoms with Gasteiger partial charge in [0.05, 0.1) is 12.8 Å². The average molecular weight is 284 g/mol. The zero-order chi connectivity index (χ0) is 14.5. The highest BCUT2D eigenvalue weighted by Crippen LogP contribution is 2.36. The summed E-state index contributed by atoms with van der Waals surface area (Å²) in [6.07, 6.45) is -2.44. The molecule has 0 radical (unpaired) electrons. The van der Waals surface area contributed by atoms with E-state index in [0.29, 0.717) is 18.5 Å². The van der Waals surface area contributed by atoms with E-state index in [0.717, 1.165) is 10.5 Å². The van der Waals surface area contributed by atoms with Crippen LogP contribution in [0.15, 0.2) is 18.3 Å². The number of aromatic nitrogens is 2. The summed E-state index contributed by atoms with van der Waals surface area (Å²) in [6, 6.07) is 2.38. The van der Waals surface area contributed by atoms with Crippen LogP contribution in [-0.4, -0.2) is 22.3 Å². The zero-order valence-corrected chi connectivity index (χ0v) is 10.6. The van der Waals surface area contributed by atoms with Crippen molar-refractivity contribution in [1.82, 2.24) is 9.38 Å². The molecule has 0 N–H and O–H groups in total. The summed E-state index contributed by atoms with van der Waals surface area (Å²) in [6.45, 7) is 0. The van der Waals surface area contributed by atoms with Gasteiger partial charge in [-0.1, -0.05) is 0 Å². The highest BCUT2D eigenvalue weighted by Gasteiger charge is 2.36. The van der Waals surface area contributed by atoms with Gasteiger partial charge >= 0.3 is 6.18 Å². The molecule has 0 bridgehead atoms. The van der Waals surface area contributed by atoms with Gasteiger partial charge in [0.1, 0.15) is 22.9 Å². The topological polar surface area (TPSA) is 43.6 Å². The van der Waals surface area contributed by atoms with Crippen LogP contribution in [0.3, 0.4) is 0 Å². The van der Waals surface area contributed by atoms with Crippen LogP contribution in [0, 0.1) is 0 Å². The second-order valence-corrected chi connectivity index (χ2v) is 4.82. The first-order valence-electron chi connectivity index (χ1n) is 6.04. The van der Waals surface area contributed by atoms with Crippen LogP contribution in [0.2, 0.25) is 0 Å². The van der Waals surface area contributed by atoms with Crippen molar-refractivity contribution in [3.63, 3.8) is 0 Å². The maximum atomic E-state index is 13.0. The van der Waals surface area contributed by atoms with E-state index >= 15 is 0 Å². The Hall–Kier alpha value is -2.05. The van der Waals surface area contributed by atoms with Gasteiger partial charge in [-0.3, -0.25) is 9.20 Å². The average Bonchev–Trinajstić information content (AvgIpc) is 2.75. The van der Waals surface area contributed by atoms with Crippen LogP contribution < -0.4 is 4.74 Å². The number of halogens is 3. The first kappa shape index (κ1) is 13.0. The van der Waals surface area contributed by atoms with Crippen molar-refractivity contribution in [3.8, 4) is 5.75 Å². The summed E-state index contributed by atoms with van der Waals surface area (Å²) < 4.78 is 45.0. The number of Topliss-reactive ketones (excluding diaryl/α,β-unsaturated/α-hetero) is 1. The number of alkyl halides is 3. The van der Waals surface area contributed by atoms with Crippen LogP contribution in [0.5, 0.6) is 5.75 Å². The Bertz CT molecular complexity index is 683. The van der Waals surface area contributed by atoms with Crippen LogP contribution in [0.4, 0.5) is 13.2 Å². The molecule has 0 atom stereocenters. The SMILES string of the molecule is COc1cc(C(F)(F)F)n2cc(C3CC(=O)C3)nc2c1. The first-order valence-corrected chi connectivity index (χ1v) is 6.04. The molecule has 0 aromatic carbocycles. The van der Waals surface area contributed by atoms with Crippen LogP contribution in [-0.2, 0) is 11.0 Å². The number of hydrogen-bond donors (Lipinski definition) is 0. The molecule has 0 aliphatic heterocycles. The lowest BCUT2D eigenvalue weighted by molar-refractivity contribution is -0.142. The fourth-order valence-electron chi connectivity index (χ4n) is 2.31. The van der Waals surface area contributed by atoms with Crippen LogP contribution in [0.25, 0.3) is 5.65 Å². The van der Waals surface area contributed by atoms with E-state index in [1.54, 1.807) is 0 Å². The number of ketones is 1. The molecule has 2 heterocycles. The minimum absolute atomic E-state index is 0.0746. The van der Waals surface area contributed by atoms with Gasteiger partial charge in [0.15, 0.2) is 0 Å². The lowest BCUT2D eigenvalue weighted by Gasteiger charge is -2.21. The lowest BCUT2D eigenvalue weighted by atomic mass is 9.82. The van der Waals surface area contributed by atoms with E-state index in [9.17, 15) is 18.0 Å². The number of nitrogens with zero attached hydrogens (tertiary/aromatic N) is 2. The van der Waals surface area contributed by atoms with Crippen molar-refractivity contribution < 1.29 is 22.7 Å². The number of hydrogen-bond acceptors (Lipinski definition) is 3. The molecule has 1 aliphatic rings. The molecular weight excluding hydrogens is 273 g/mol. The second-order valence-electron chi connectivity index (χ2n) is 4.82. The third-order valence-electron chi connectivity index (χ3n) is 3.45. The maximum Gasteiger partial charge on any atom is 0.431 e. The predicted octanol–water partition coefficient (Wildman–Crippen LogP) is 2.81. The van der Waals surface area contributed by atoms with E-state index in [1.165, 1.54) is 19.4 Å². The Morgan fingerprint density at radius 1 is 1.35 bits per heavy atom. The summed E-state index contributed by atoms with van der Waals surface area (Å²) in [5.41, 5.74) is -0.148. The lowest BCUT2D eigenvalue weighted by Crippen LogP contribution is -2.21. The molecule has 0 spiro atoms. The molecule has 1 fully saturated rings. The number of methoxy groups -OCH3 is 1. The minimum atomic E-state index is -4.50.